The molecule has 2 N–H and O–H groups in total. The van der Waals surface area contributed by atoms with Crippen molar-refractivity contribution >= 4 is 34.0 Å². The fraction of sp³-hybridized carbons (Fsp3) is 0.200. The highest BCUT2D eigenvalue weighted by Crippen LogP contribution is 2.45. The fourth-order valence-electron chi connectivity index (χ4n) is 4.02. The van der Waals surface area contributed by atoms with E-state index in [2.05, 4.69) is 65.4 Å². The molecule has 3 aliphatic rings. The molecule has 0 spiro atoms. The summed E-state index contributed by atoms with van der Waals surface area (Å²) in [6, 6.07) is 11.1. The van der Waals surface area contributed by atoms with Crippen LogP contribution < -0.4 is 10.6 Å². The Morgan fingerprint density at radius 3 is 2.96 bits per heavy atom. The Morgan fingerprint density at radius 2 is 2.09 bits per heavy atom. The van der Waals surface area contributed by atoms with Crippen molar-refractivity contribution in [2.24, 2.45) is 0 Å². The third-order valence-corrected chi connectivity index (χ3v) is 5.36. The van der Waals surface area contributed by atoms with Crippen LogP contribution in [0.5, 0.6) is 0 Å². The molecule has 2 nitrogen and oxygen atoms in total. The zero-order valence-electron chi connectivity index (χ0n) is 12.6. The van der Waals surface area contributed by atoms with Crippen molar-refractivity contribution in [2.45, 2.75) is 18.0 Å². The Balaban J connectivity index is 1.73. The second-order valence-corrected chi connectivity index (χ2v) is 6.81. The van der Waals surface area contributed by atoms with Crippen LogP contribution in [0.25, 0.3) is 22.4 Å². The molecule has 3 heteroatoms. The highest BCUT2D eigenvalue weighted by atomic mass is 35.5. The van der Waals surface area contributed by atoms with Gasteiger partial charge in [0.1, 0.15) is 0 Å². The molecular formula is C20H17ClN2. The smallest absolute Gasteiger partial charge is 0.155 e. The van der Waals surface area contributed by atoms with Crippen molar-refractivity contribution in [3.63, 3.8) is 0 Å². The number of halogens is 1. The van der Waals surface area contributed by atoms with Gasteiger partial charge in [-0.1, -0.05) is 60.2 Å². The number of alkyl halides is 1. The molecule has 0 radical (unpaired) electrons. The SMILES string of the molecule is ClC1NC=C(C2=CCC3C=Cc4cccc5ccc2c3c45)CN1. The zero-order valence-corrected chi connectivity index (χ0v) is 13.4. The first kappa shape index (κ1) is 13.4. The van der Waals surface area contributed by atoms with Crippen LogP contribution in [0.4, 0.5) is 0 Å². The van der Waals surface area contributed by atoms with E-state index in [9.17, 15) is 0 Å². The van der Waals surface area contributed by atoms with Gasteiger partial charge < -0.3 is 5.32 Å². The number of allylic oxidation sites excluding steroid dienone is 2. The van der Waals surface area contributed by atoms with E-state index in [1.165, 1.54) is 38.6 Å². The minimum Gasteiger partial charge on any atom is -0.363 e. The summed E-state index contributed by atoms with van der Waals surface area (Å²) in [5.74, 6) is 0.498. The second kappa shape index (κ2) is 4.98. The minimum absolute atomic E-state index is 0.180. The molecule has 2 aliphatic carbocycles. The van der Waals surface area contributed by atoms with Crippen molar-refractivity contribution in [3.8, 4) is 0 Å². The molecule has 5 rings (SSSR count). The van der Waals surface area contributed by atoms with E-state index < -0.39 is 0 Å². The molecule has 2 unspecified atom stereocenters. The van der Waals surface area contributed by atoms with E-state index in [0.717, 1.165) is 13.0 Å². The summed E-state index contributed by atoms with van der Waals surface area (Å²) >= 11 is 6.06. The summed E-state index contributed by atoms with van der Waals surface area (Å²) in [6.07, 6.45) is 10.1. The molecule has 23 heavy (non-hydrogen) atoms. The predicted octanol–water partition coefficient (Wildman–Crippen LogP) is 4.34. The Bertz CT molecular complexity index is 907. The van der Waals surface area contributed by atoms with Crippen molar-refractivity contribution in [3.05, 3.63) is 70.9 Å². The summed E-state index contributed by atoms with van der Waals surface area (Å²) < 4.78 is 0. The number of benzene rings is 2. The average Bonchev–Trinajstić information content (AvgIpc) is 2.60. The van der Waals surface area contributed by atoms with E-state index in [4.69, 9.17) is 11.6 Å². The molecule has 0 saturated carbocycles. The van der Waals surface area contributed by atoms with E-state index in [-0.39, 0.29) is 5.62 Å². The molecule has 0 aromatic heterocycles. The average molecular weight is 321 g/mol. The largest absolute Gasteiger partial charge is 0.363 e. The Kier molecular flexibility index (Phi) is 2.91. The van der Waals surface area contributed by atoms with Crippen LogP contribution in [0.15, 0.2) is 54.3 Å². The van der Waals surface area contributed by atoms with Crippen LogP contribution in [0.3, 0.4) is 0 Å². The molecule has 0 bridgehead atoms. The fourth-order valence-corrected chi connectivity index (χ4v) is 4.16. The van der Waals surface area contributed by atoms with Gasteiger partial charge in [-0.15, -0.1) is 0 Å². The van der Waals surface area contributed by atoms with Gasteiger partial charge in [-0.3, -0.25) is 5.32 Å². The van der Waals surface area contributed by atoms with Crippen LogP contribution in [0, 0.1) is 0 Å². The highest BCUT2D eigenvalue weighted by Gasteiger charge is 2.27. The normalized spacial score (nSPS) is 24.9. The molecule has 1 aliphatic heterocycles. The lowest BCUT2D eigenvalue weighted by molar-refractivity contribution is 0.601. The van der Waals surface area contributed by atoms with Gasteiger partial charge in [-0.05, 0) is 45.0 Å². The lowest BCUT2D eigenvalue weighted by Gasteiger charge is -2.31. The second-order valence-electron chi connectivity index (χ2n) is 6.37. The Labute approximate surface area is 140 Å². The first-order chi connectivity index (χ1) is 11.3. The van der Waals surface area contributed by atoms with Crippen LogP contribution in [-0.2, 0) is 0 Å². The van der Waals surface area contributed by atoms with Gasteiger partial charge >= 0.3 is 0 Å². The molecule has 2 atom stereocenters. The van der Waals surface area contributed by atoms with Gasteiger partial charge in [-0.2, -0.15) is 0 Å². The maximum atomic E-state index is 6.06. The first-order valence-electron chi connectivity index (χ1n) is 8.08. The van der Waals surface area contributed by atoms with Crippen molar-refractivity contribution in [1.82, 2.24) is 10.6 Å². The van der Waals surface area contributed by atoms with Gasteiger partial charge in [0.25, 0.3) is 0 Å². The molecule has 114 valence electrons. The molecule has 1 heterocycles. The maximum Gasteiger partial charge on any atom is 0.155 e. The number of nitrogens with one attached hydrogen (secondary N) is 2. The number of hydrogen-bond donors (Lipinski definition) is 2. The summed E-state index contributed by atoms with van der Waals surface area (Å²) in [5, 5.41) is 9.20. The van der Waals surface area contributed by atoms with E-state index in [1.54, 1.807) is 0 Å². The van der Waals surface area contributed by atoms with Crippen LogP contribution in [-0.4, -0.2) is 12.2 Å². The first-order valence-corrected chi connectivity index (χ1v) is 8.52. The topological polar surface area (TPSA) is 24.1 Å². The molecule has 0 saturated heterocycles. The van der Waals surface area contributed by atoms with Crippen LogP contribution in [0.1, 0.15) is 29.0 Å². The Morgan fingerprint density at radius 1 is 1.13 bits per heavy atom. The van der Waals surface area contributed by atoms with E-state index in [1.807, 2.05) is 0 Å². The summed E-state index contributed by atoms with van der Waals surface area (Å²) in [6.45, 7) is 0.798. The Hall–Kier alpha value is -2.03. The molecule has 0 amide bonds. The lowest BCUT2D eigenvalue weighted by Crippen LogP contribution is -2.40. The standard InChI is InChI=1S/C20H17ClN2/c21-20-22-10-15(11-23-20)16-8-6-14-5-4-12-2-1-3-13-7-9-17(16)19(14)18(12)13/h1-5,7-10,14,20,22-23H,6,11H2. The summed E-state index contributed by atoms with van der Waals surface area (Å²) in [5.41, 5.74) is 6.64. The van der Waals surface area contributed by atoms with Crippen molar-refractivity contribution in [1.29, 1.82) is 0 Å². The number of rotatable bonds is 1. The number of hydrogen-bond acceptors (Lipinski definition) is 2. The van der Waals surface area contributed by atoms with Crippen molar-refractivity contribution in [2.75, 3.05) is 6.54 Å². The van der Waals surface area contributed by atoms with Crippen LogP contribution in [0.2, 0.25) is 0 Å². The summed E-state index contributed by atoms with van der Waals surface area (Å²) in [7, 11) is 0. The van der Waals surface area contributed by atoms with Gasteiger partial charge in [0, 0.05) is 18.7 Å². The van der Waals surface area contributed by atoms with E-state index >= 15 is 0 Å². The lowest BCUT2D eigenvalue weighted by atomic mass is 9.75. The predicted molar refractivity (Wildman–Crippen MR) is 97.2 cm³/mol. The van der Waals surface area contributed by atoms with Gasteiger partial charge in [-0.25, -0.2) is 0 Å². The quantitative estimate of drug-likeness (QED) is 0.603. The highest BCUT2D eigenvalue weighted by molar-refractivity contribution is 6.20. The third kappa shape index (κ3) is 1.99. The molecule has 2 aromatic rings. The van der Waals surface area contributed by atoms with Gasteiger partial charge in [0.2, 0.25) is 0 Å². The van der Waals surface area contributed by atoms with Crippen molar-refractivity contribution < 1.29 is 0 Å². The molecule has 2 aromatic carbocycles. The van der Waals surface area contributed by atoms with Gasteiger partial charge in [0.05, 0.1) is 0 Å². The maximum absolute atomic E-state index is 6.06. The van der Waals surface area contributed by atoms with Gasteiger partial charge in [0.15, 0.2) is 5.62 Å². The minimum atomic E-state index is -0.180. The van der Waals surface area contributed by atoms with E-state index in [0.29, 0.717) is 5.92 Å². The zero-order chi connectivity index (χ0) is 15.4. The molecular weight excluding hydrogens is 304 g/mol. The third-order valence-electron chi connectivity index (χ3n) is 5.08. The monoisotopic (exact) mass is 320 g/mol. The van der Waals surface area contributed by atoms with Crippen LogP contribution >= 0.6 is 11.6 Å². The summed E-state index contributed by atoms with van der Waals surface area (Å²) in [4.78, 5) is 0. The molecule has 0 fully saturated rings.